The van der Waals surface area contributed by atoms with E-state index >= 15 is 0 Å². The lowest BCUT2D eigenvalue weighted by atomic mass is 9.65. The standard InChI is InChI=1S/C54H34O/c1-2-16-37(17-3-1)53(46-25-11-8-21-43(46)51-39-18-5-4-15-35(39)31-34-48(51)53)38-32-29-36(30-33-38)40-22-14-27-49-52(40)55-50-28-13-12-26-47(50)54(49)44-23-9-6-19-41(44)42-20-7-10-24-45(42)54/h1-34H. The van der Waals surface area contributed by atoms with E-state index in [-0.39, 0.29) is 0 Å². The summed E-state index contributed by atoms with van der Waals surface area (Å²) in [5.74, 6) is 1.82. The van der Waals surface area contributed by atoms with Crippen molar-refractivity contribution in [1.29, 1.82) is 0 Å². The van der Waals surface area contributed by atoms with Crippen LogP contribution in [-0.2, 0) is 10.8 Å². The summed E-state index contributed by atoms with van der Waals surface area (Å²) < 4.78 is 7.03. The Balaban J connectivity index is 1.09. The highest BCUT2D eigenvalue weighted by molar-refractivity contribution is 6.04. The molecule has 256 valence electrons. The van der Waals surface area contributed by atoms with Crippen molar-refractivity contribution in [2.45, 2.75) is 10.8 Å². The first-order valence-corrected chi connectivity index (χ1v) is 19.2. The molecule has 3 aliphatic rings. The highest BCUT2D eigenvalue weighted by Gasteiger charge is 2.51. The van der Waals surface area contributed by atoms with Crippen molar-refractivity contribution in [1.82, 2.24) is 0 Å². The van der Waals surface area contributed by atoms with E-state index in [2.05, 4.69) is 206 Å². The molecule has 0 N–H and O–H groups in total. The average molecular weight is 699 g/mol. The molecule has 0 saturated heterocycles. The van der Waals surface area contributed by atoms with Gasteiger partial charge >= 0.3 is 0 Å². The predicted molar refractivity (Wildman–Crippen MR) is 224 cm³/mol. The Morgan fingerprint density at radius 2 is 0.855 bits per heavy atom. The van der Waals surface area contributed by atoms with Crippen LogP contribution < -0.4 is 4.74 Å². The molecule has 0 aromatic heterocycles. The second-order valence-corrected chi connectivity index (χ2v) is 15.1. The molecule has 1 aliphatic heterocycles. The normalized spacial score (nSPS) is 16.4. The van der Waals surface area contributed by atoms with E-state index in [9.17, 15) is 0 Å². The lowest BCUT2D eigenvalue weighted by Crippen LogP contribution is -2.32. The van der Waals surface area contributed by atoms with Crippen LogP contribution in [0.15, 0.2) is 206 Å². The van der Waals surface area contributed by atoms with Crippen LogP contribution in [0.25, 0.3) is 44.2 Å². The van der Waals surface area contributed by atoms with Gasteiger partial charge in [-0.05, 0) is 78.0 Å². The Morgan fingerprint density at radius 1 is 0.309 bits per heavy atom. The molecule has 55 heavy (non-hydrogen) atoms. The van der Waals surface area contributed by atoms with Gasteiger partial charge in [0.15, 0.2) is 0 Å². The van der Waals surface area contributed by atoms with Gasteiger partial charge in [0.25, 0.3) is 0 Å². The number of benzene rings is 9. The van der Waals surface area contributed by atoms with Crippen molar-refractivity contribution in [3.63, 3.8) is 0 Å². The second-order valence-electron chi connectivity index (χ2n) is 15.1. The highest BCUT2D eigenvalue weighted by atomic mass is 16.5. The zero-order valence-corrected chi connectivity index (χ0v) is 30.0. The van der Waals surface area contributed by atoms with Crippen LogP contribution in [0.4, 0.5) is 0 Å². The van der Waals surface area contributed by atoms with Gasteiger partial charge in [-0.1, -0.05) is 200 Å². The zero-order valence-electron chi connectivity index (χ0n) is 30.0. The Labute approximate surface area is 320 Å². The minimum absolute atomic E-state index is 0.484. The molecule has 9 aromatic rings. The van der Waals surface area contributed by atoms with E-state index in [4.69, 9.17) is 4.74 Å². The largest absolute Gasteiger partial charge is 0.456 e. The molecular formula is C54H34O. The van der Waals surface area contributed by atoms with Gasteiger partial charge in [0.2, 0.25) is 0 Å². The van der Waals surface area contributed by atoms with Gasteiger partial charge in [0.05, 0.1) is 10.8 Å². The molecule has 2 aliphatic carbocycles. The molecule has 1 unspecified atom stereocenters. The van der Waals surface area contributed by atoms with Crippen LogP contribution in [0.1, 0.15) is 44.5 Å². The highest BCUT2D eigenvalue weighted by Crippen LogP contribution is 2.63. The molecule has 1 heteroatoms. The molecule has 1 nitrogen and oxygen atoms in total. The summed E-state index contributed by atoms with van der Waals surface area (Å²) >= 11 is 0. The molecule has 12 rings (SSSR count). The van der Waals surface area contributed by atoms with Crippen molar-refractivity contribution in [3.05, 3.63) is 251 Å². The average Bonchev–Trinajstić information content (AvgIpc) is 3.73. The van der Waals surface area contributed by atoms with Crippen LogP contribution >= 0.6 is 0 Å². The van der Waals surface area contributed by atoms with E-state index in [0.29, 0.717) is 0 Å². The van der Waals surface area contributed by atoms with Crippen LogP contribution in [0.3, 0.4) is 0 Å². The fraction of sp³-hybridized carbons (Fsp3) is 0.0370. The third-order valence-electron chi connectivity index (χ3n) is 12.6. The zero-order chi connectivity index (χ0) is 36.1. The summed E-state index contributed by atoms with van der Waals surface area (Å²) in [6.45, 7) is 0. The maximum absolute atomic E-state index is 7.03. The number of hydrogen-bond acceptors (Lipinski definition) is 1. The fourth-order valence-corrected chi connectivity index (χ4v) is 10.5. The Bertz CT molecular complexity index is 2960. The maximum Gasteiger partial charge on any atom is 0.140 e. The molecule has 0 bridgehead atoms. The quantitative estimate of drug-likeness (QED) is 0.178. The van der Waals surface area contributed by atoms with Gasteiger partial charge in [0.1, 0.15) is 11.5 Å². The van der Waals surface area contributed by atoms with Crippen molar-refractivity contribution in [2.24, 2.45) is 0 Å². The number of hydrogen-bond donors (Lipinski definition) is 0. The van der Waals surface area contributed by atoms with Crippen molar-refractivity contribution >= 4 is 10.8 Å². The van der Waals surface area contributed by atoms with Gasteiger partial charge < -0.3 is 4.74 Å². The van der Waals surface area contributed by atoms with E-state index in [1.807, 2.05) is 0 Å². The Hall–Kier alpha value is -6.96. The SMILES string of the molecule is c1ccc(C2(c3ccc(-c4cccc5c4Oc4ccccc4C54c5ccccc5-c5ccccc54)cc3)c3ccccc3-c3c2ccc2ccccc32)cc1. The summed E-state index contributed by atoms with van der Waals surface area (Å²) in [5, 5.41) is 2.55. The topological polar surface area (TPSA) is 9.23 Å². The molecule has 9 aromatic carbocycles. The number of rotatable bonds is 3. The van der Waals surface area contributed by atoms with E-state index in [0.717, 1.165) is 22.6 Å². The molecule has 0 saturated carbocycles. The Morgan fingerprint density at radius 3 is 1.60 bits per heavy atom. The van der Waals surface area contributed by atoms with Crippen LogP contribution in [0, 0.1) is 0 Å². The number of para-hydroxylation sites is 2. The van der Waals surface area contributed by atoms with Gasteiger partial charge in [-0.3, -0.25) is 0 Å². The maximum atomic E-state index is 7.03. The van der Waals surface area contributed by atoms with Gasteiger partial charge in [0, 0.05) is 16.7 Å². The molecular weight excluding hydrogens is 665 g/mol. The molecule has 0 amide bonds. The first kappa shape index (κ1) is 30.5. The van der Waals surface area contributed by atoms with Crippen LogP contribution in [-0.4, -0.2) is 0 Å². The third-order valence-corrected chi connectivity index (χ3v) is 12.6. The minimum Gasteiger partial charge on any atom is -0.456 e. The summed E-state index contributed by atoms with van der Waals surface area (Å²) in [4.78, 5) is 0. The van der Waals surface area contributed by atoms with E-state index in [1.54, 1.807) is 0 Å². The summed E-state index contributed by atoms with van der Waals surface area (Å²) in [6, 6.07) is 76.0. The van der Waals surface area contributed by atoms with Gasteiger partial charge in [-0.15, -0.1) is 0 Å². The monoisotopic (exact) mass is 698 g/mol. The van der Waals surface area contributed by atoms with Crippen molar-refractivity contribution in [2.75, 3.05) is 0 Å². The predicted octanol–water partition coefficient (Wildman–Crippen LogP) is 13.3. The van der Waals surface area contributed by atoms with E-state index in [1.165, 1.54) is 77.5 Å². The lowest BCUT2D eigenvalue weighted by Gasteiger charge is -2.40. The van der Waals surface area contributed by atoms with Crippen molar-refractivity contribution < 1.29 is 4.74 Å². The van der Waals surface area contributed by atoms with Gasteiger partial charge in [-0.25, -0.2) is 0 Å². The second kappa shape index (κ2) is 11.3. The fourth-order valence-electron chi connectivity index (χ4n) is 10.5. The summed E-state index contributed by atoms with van der Waals surface area (Å²) in [7, 11) is 0. The lowest BCUT2D eigenvalue weighted by molar-refractivity contribution is 0.438. The first-order valence-electron chi connectivity index (χ1n) is 19.2. The molecule has 1 atom stereocenters. The van der Waals surface area contributed by atoms with Crippen LogP contribution in [0.2, 0.25) is 0 Å². The van der Waals surface area contributed by atoms with E-state index < -0.39 is 10.8 Å². The first-order chi connectivity index (χ1) is 27.3. The summed E-state index contributed by atoms with van der Waals surface area (Å²) in [6.07, 6.45) is 0. The number of fused-ring (bicyclic) bond motifs is 14. The molecule has 0 fully saturated rings. The summed E-state index contributed by atoms with van der Waals surface area (Å²) in [5.41, 5.74) is 16.6. The smallest absolute Gasteiger partial charge is 0.140 e. The third kappa shape index (κ3) is 3.87. The minimum atomic E-state index is -0.495. The van der Waals surface area contributed by atoms with Crippen LogP contribution in [0.5, 0.6) is 11.5 Å². The van der Waals surface area contributed by atoms with Crippen molar-refractivity contribution in [3.8, 4) is 44.9 Å². The molecule has 1 heterocycles. The van der Waals surface area contributed by atoms with Gasteiger partial charge in [-0.2, -0.15) is 0 Å². The molecule has 0 radical (unpaired) electrons. The number of ether oxygens (including phenoxy) is 1. The Kier molecular flexibility index (Phi) is 6.25. The molecule has 1 spiro atoms.